The molecule has 1 aliphatic heterocycles. The molecule has 11 rings (SSSR count). The number of aromatic nitrogens is 2. The van der Waals surface area contributed by atoms with Crippen molar-refractivity contribution in [2.75, 3.05) is 16.5 Å². The second-order valence-electron chi connectivity index (χ2n) is 25.5. The molecule has 0 saturated carbocycles. The number of hydrogen-bond donors (Lipinski definition) is 0. The van der Waals surface area contributed by atoms with Crippen molar-refractivity contribution in [3.05, 3.63) is 239 Å². The average Bonchev–Trinajstić information content (AvgIpc) is 4.09. The van der Waals surface area contributed by atoms with Gasteiger partial charge in [-0.2, -0.15) is 0 Å². The Labute approximate surface area is 457 Å². The Morgan fingerprint density at radius 2 is 0.870 bits per heavy atom. The van der Waals surface area contributed by atoms with Gasteiger partial charge < -0.3 is 14.5 Å². The highest BCUT2D eigenvalue weighted by Gasteiger charge is 2.35. The van der Waals surface area contributed by atoms with Crippen LogP contribution in [-0.4, -0.2) is 16.2 Å². The van der Waals surface area contributed by atoms with Gasteiger partial charge in [-0.1, -0.05) is 205 Å². The largest absolute Gasteiger partial charge is 0.457 e. The van der Waals surface area contributed by atoms with Gasteiger partial charge >= 0.3 is 0 Å². The van der Waals surface area contributed by atoms with E-state index in [9.17, 15) is 0 Å². The molecule has 5 nitrogen and oxygen atoms in total. The van der Waals surface area contributed by atoms with Crippen LogP contribution in [0, 0.1) is 0 Å². The highest BCUT2D eigenvalue weighted by molar-refractivity contribution is 6.09. The van der Waals surface area contributed by atoms with E-state index in [1.165, 1.54) is 50.0 Å². The molecule has 0 spiro atoms. The molecular weight excluding hydrogens is 937 g/mol. The second-order valence-corrected chi connectivity index (χ2v) is 25.5. The minimum absolute atomic E-state index is 0.0285. The topological polar surface area (TPSA) is 33.5 Å². The lowest BCUT2D eigenvalue weighted by Crippen LogP contribution is -2.27. The van der Waals surface area contributed by atoms with Crippen molar-refractivity contribution in [3.63, 3.8) is 0 Å². The van der Waals surface area contributed by atoms with Gasteiger partial charge in [0, 0.05) is 51.3 Å². The summed E-state index contributed by atoms with van der Waals surface area (Å²) >= 11 is 0. The molecule has 0 bridgehead atoms. The molecule has 0 fully saturated rings. The Kier molecular flexibility index (Phi) is 12.6. The van der Waals surface area contributed by atoms with Crippen molar-refractivity contribution >= 4 is 44.6 Å². The first kappa shape index (κ1) is 51.2. The molecule has 5 heteroatoms. The Hall–Kier alpha value is -7.89. The molecule has 2 aromatic heterocycles. The Morgan fingerprint density at radius 3 is 1.47 bits per heavy atom. The van der Waals surface area contributed by atoms with Crippen LogP contribution in [0.15, 0.2) is 200 Å². The van der Waals surface area contributed by atoms with Gasteiger partial charge in [-0.3, -0.25) is 4.57 Å². The van der Waals surface area contributed by atoms with Crippen molar-refractivity contribution in [1.29, 1.82) is 0 Å². The van der Waals surface area contributed by atoms with Gasteiger partial charge in [0.05, 0.1) is 22.4 Å². The lowest BCUT2D eigenvalue weighted by molar-refractivity contribution is 0.483. The molecule has 0 radical (unpaired) electrons. The van der Waals surface area contributed by atoms with Gasteiger partial charge in [-0.25, -0.2) is 4.98 Å². The lowest BCUT2D eigenvalue weighted by atomic mass is 9.73. The summed E-state index contributed by atoms with van der Waals surface area (Å²) in [5.74, 6) is 2.41. The zero-order chi connectivity index (χ0) is 54.2. The fourth-order valence-corrected chi connectivity index (χ4v) is 11.2. The average molecular weight is 1010 g/mol. The maximum atomic E-state index is 7.17. The van der Waals surface area contributed by atoms with E-state index in [0.717, 1.165) is 61.9 Å². The molecule has 0 N–H and O–H groups in total. The normalized spacial score (nSPS) is 13.4. The van der Waals surface area contributed by atoms with Gasteiger partial charge in [-0.15, -0.1) is 0 Å². The van der Waals surface area contributed by atoms with Crippen LogP contribution in [0.25, 0.3) is 38.8 Å². The highest BCUT2D eigenvalue weighted by Crippen LogP contribution is 2.50. The molecule has 0 unspecified atom stereocenters. The fraction of sp³-hybridized carbons (Fsp3) is 0.264. The highest BCUT2D eigenvalue weighted by atomic mass is 16.5. The molecule has 3 heterocycles. The predicted molar refractivity (Wildman–Crippen MR) is 326 cm³/mol. The quantitative estimate of drug-likeness (QED) is 0.137. The number of ether oxygens (including phenoxy) is 1. The van der Waals surface area contributed by atoms with Crippen LogP contribution >= 0.6 is 0 Å². The SMILES string of the molecule is CC(C)(C)c1ccnc(-n2c3cc(Oc4cc(-c5ccccc5)cc(N5CN(c6cc(C(C)(C)c7ccccc7)cc(C(C)(C)c7ccccc7)c6)c6cc(C(C)(C)C)ccc65)c4)ccc3c3ccc(C(C)(C)C)cc32)c1. The first-order valence-electron chi connectivity index (χ1n) is 27.4. The zero-order valence-electron chi connectivity index (χ0n) is 47.5. The van der Waals surface area contributed by atoms with Crippen molar-refractivity contribution in [2.45, 2.75) is 117 Å². The van der Waals surface area contributed by atoms with Crippen molar-refractivity contribution in [1.82, 2.24) is 9.55 Å². The third kappa shape index (κ3) is 9.71. The third-order valence-electron chi connectivity index (χ3n) is 16.4. The van der Waals surface area contributed by atoms with Crippen LogP contribution in [0.3, 0.4) is 0 Å². The summed E-state index contributed by atoms with van der Waals surface area (Å²) in [6.45, 7) is 30.6. The molecule has 0 amide bonds. The van der Waals surface area contributed by atoms with E-state index in [0.29, 0.717) is 6.67 Å². The maximum Gasteiger partial charge on any atom is 0.137 e. The van der Waals surface area contributed by atoms with Gasteiger partial charge in [0.2, 0.25) is 0 Å². The Morgan fingerprint density at radius 1 is 0.364 bits per heavy atom. The van der Waals surface area contributed by atoms with E-state index in [4.69, 9.17) is 9.72 Å². The van der Waals surface area contributed by atoms with Gasteiger partial charge in [0.25, 0.3) is 0 Å². The van der Waals surface area contributed by atoms with E-state index in [1.54, 1.807) is 0 Å². The number of hydrogen-bond acceptors (Lipinski definition) is 4. The van der Waals surface area contributed by atoms with Gasteiger partial charge in [0.1, 0.15) is 24.0 Å². The summed E-state index contributed by atoms with van der Waals surface area (Å²) < 4.78 is 9.50. The van der Waals surface area contributed by atoms with Crippen LogP contribution in [0.2, 0.25) is 0 Å². The molecule has 0 saturated heterocycles. The number of nitrogens with zero attached hydrogens (tertiary/aromatic N) is 4. The predicted octanol–water partition coefficient (Wildman–Crippen LogP) is 19.4. The monoisotopic (exact) mass is 1010 g/mol. The maximum absolute atomic E-state index is 7.17. The molecule has 77 heavy (non-hydrogen) atoms. The van der Waals surface area contributed by atoms with Gasteiger partial charge in [0.15, 0.2) is 0 Å². The molecular formula is C72H74N4O. The number of rotatable bonds is 10. The number of pyridine rings is 1. The summed E-state index contributed by atoms with van der Waals surface area (Å²) in [6.07, 6.45) is 1.95. The standard InChI is InChI=1S/C72H74N4O/c1-68(2,3)52-29-32-61-62-33-31-59(46-65(62)76(64(61)42-52)67-44-54(35-36-73-67)70(7,8)9)77-60-38-49(48-23-17-14-18-24-48)37-57(45-60)74-47-75(66-43-53(69(4,5)6)30-34-63(66)74)58-40-55(71(10,11)50-25-19-15-20-26-50)39-56(41-58)72(12,13)51-27-21-16-22-28-51/h14-46H,47H2,1-13H3. The van der Waals surface area contributed by atoms with E-state index >= 15 is 0 Å². The number of anilines is 4. The molecule has 388 valence electrons. The summed E-state index contributed by atoms with van der Waals surface area (Å²) in [5, 5.41) is 2.34. The van der Waals surface area contributed by atoms with E-state index in [-0.39, 0.29) is 27.1 Å². The van der Waals surface area contributed by atoms with Crippen LogP contribution in [0.1, 0.15) is 129 Å². The number of benzene rings is 8. The second kappa shape index (κ2) is 19.0. The van der Waals surface area contributed by atoms with Crippen molar-refractivity contribution in [3.8, 4) is 28.4 Å². The molecule has 0 atom stereocenters. The van der Waals surface area contributed by atoms with Crippen molar-refractivity contribution < 1.29 is 4.74 Å². The minimum Gasteiger partial charge on any atom is -0.457 e. The first-order valence-corrected chi connectivity index (χ1v) is 27.4. The van der Waals surface area contributed by atoms with Crippen LogP contribution in [-0.2, 0) is 27.1 Å². The number of fused-ring (bicyclic) bond motifs is 4. The summed E-state index contributed by atoms with van der Waals surface area (Å²) in [5.41, 5.74) is 17.2. The Bertz CT molecular complexity index is 3740. The first-order chi connectivity index (χ1) is 36.5. The molecule has 10 aromatic rings. The van der Waals surface area contributed by atoms with Crippen molar-refractivity contribution in [2.24, 2.45) is 0 Å². The molecule has 8 aromatic carbocycles. The fourth-order valence-electron chi connectivity index (χ4n) is 11.2. The van der Waals surface area contributed by atoms with E-state index in [2.05, 4.69) is 298 Å². The van der Waals surface area contributed by atoms with E-state index in [1.807, 2.05) is 6.20 Å². The minimum atomic E-state index is -0.274. The van der Waals surface area contributed by atoms with Crippen LogP contribution < -0.4 is 14.5 Å². The third-order valence-corrected chi connectivity index (χ3v) is 16.4. The lowest BCUT2D eigenvalue weighted by Gasteiger charge is -2.33. The molecule has 1 aliphatic rings. The summed E-state index contributed by atoms with van der Waals surface area (Å²) in [7, 11) is 0. The zero-order valence-corrected chi connectivity index (χ0v) is 47.5. The summed E-state index contributed by atoms with van der Waals surface area (Å²) in [6, 6.07) is 71.6. The summed E-state index contributed by atoms with van der Waals surface area (Å²) in [4.78, 5) is 10.1. The van der Waals surface area contributed by atoms with Crippen LogP contribution in [0.5, 0.6) is 11.5 Å². The smallest absolute Gasteiger partial charge is 0.137 e. The Balaban J connectivity index is 1.06. The van der Waals surface area contributed by atoms with Gasteiger partial charge in [-0.05, 0) is 133 Å². The van der Waals surface area contributed by atoms with E-state index < -0.39 is 0 Å². The molecule has 0 aliphatic carbocycles. The van der Waals surface area contributed by atoms with Crippen LogP contribution in [0.4, 0.5) is 22.7 Å².